The molecule has 1 saturated heterocycles. The summed E-state index contributed by atoms with van der Waals surface area (Å²) in [5, 5.41) is 9.99. The van der Waals surface area contributed by atoms with E-state index in [-0.39, 0.29) is 29.9 Å². The molecule has 0 saturated carbocycles. The molecule has 0 bridgehead atoms. The van der Waals surface area contributed by atoms with E-state index in [1.165, 1.54) is 19.2 Å². The van der Waals surface area contributed by atoms with Crippen LogP contribution in [0.5, 0.6) is 17.2 Å². The topological polar surface area (TPSA) is 89.2 Å². The number of carbonyl (C=O) groups excluding carboxylic acids is 1. The van der Waals surface area contributed by atoms with E-state index in [4.69, 9.17) is 14.5 Å². The normalized spacial score (nSPS) is 14.9. The molecule has 37 heavy (non-hydrogen) atoms. The van der Waals surface area contributed by atoms with E-state index in [0.29, 0.717) is 35.7 Å². The van der Waals surface area contributed by atoms with Gasteiger partial charge < -0.3 is 19.5 Å². The van der Waals surface area contributed by atoms with Crippen molar-refractivity contribution < 1.29 is 23.8 Å². The molecule has 3 heterocycles. The number of rotatable bonds is 6. The first-order valence-corrected chi connectivity index (χ1v) is 11.8. The van der Waals surface area contributed by atoms with Gasteiger partial charge in [-0.15, -0.1) is 0 Å². The number of carbonyl (C=O) groups is 1. The molecular formula is C28H25FN4O4. The van der Waals surface area contributed by atoms with Crippen LogP contribution in [0.25, 0.3) is 16.8 Å². The highest BCUT2D eigenvalue weighted by Gasteiger charge is 2.31. The first-order chi connectivity index (χ1) is 18.0. The Bertz CT molecular complexity index is 1520. The van der Waals surface area contributed by atoms with Gasteiger partial charge in [0.1, 0.15) is 11.6 Å². The Morgan fingerprint density at radius 1 is 1.22 bits per heavy atom. The minimum absolute atomic E-state index is 0.0106. The van der Waals surface area contributed by atoms with Crippen molar-refractivity contribution in [1.82, 2.24) is 19.3 Å². The summed E-state index contributed by atoms with van der Waals surface area (Å²) in [5.41, 5.74) is 2.64. The third-order valence-electron chi connectivity index (χ3n) is 6.38. The van der Waals surface area contributed by atoms with Crippen LogP contribution in [0, 0.1) is 17.7 Å². The summed E-state index contributed by atoms with van der Waals surface area (Å²) in [6.45, 7) is 2.52. The average molecular weight is 501 g/mol. The van der Waals surface area contributed by atoms with Gasteiger partial charge in [0.25, 0.3) is 5.91 Å². The SMILES string of the molecule is CC#CC(=O)N1CC[C@@H](c2nc(-c3ccc(Oc4cccc(OC)c4F)cc3)c3c(CO)nccn23)C1. The summed E-state index contributed by atoms with van der Waals surface area (Å²) >= 11 is 0. The van der Waals surface area contributed by atoms with Gasteiger partial charge in [-0.3, -0.25) is 14.2 Å². The zero-order valence-electron chi connectivity index (χ0n) is 20.4. The molecule has 1 fully saturated rings. The van der Waals surface area contributed by atoms with Gasteiger partial charge in [-0.25, -0.2) is 4.98 Å². The number of methoxy groups -OCH3 is 1. The minimum Gasteiger partial charge on any atom is -0.494 e. The number of aromatic nitrogens is 3. The van der Waals surface area contributed by atoms with Crippen LogP contribution in [0.15, 0.2) is 54.9 Å². The maximum Gasteiger partial charge on any atom is 0.298 e. The van der Waals surface area contributed by atoms with E-state index in [0.717, 1.165) is 17.8 Å². The molecule has 0 aliphatic carbocycles. The van der Waals surface area contributed by atoms with Crippen LogP contribution >= 0.6 is 0 Å². The Kier molecular flexibility index (Phi) is 6.75. The third kappa shape index (κ3) is 4.59. The minimum atomic E-state index is -0.577. The first kappa shape index (κ1) is 24.3. The molecule has 2 aromatic carbocycles. The predicted molar refractivity (Wildman–Crippen MR) is 135 cm³/mol. The zero-order valence-corrected chi connectivity index (χ0v) is 20.4. The Labute approximate surface area is 213 Å². The number of amides is 1. The molecule has 1 aliphatic heterocycles. The van der Waals surface area contributed by atoms with Crippen LogP contribution in [0.2, 0.25) is 0 Å². The Morgan fingerprint density at radius 3 is 2.73 bits per heavy atom. The summed E-state index contributed by atoms with van der Waals surface area (Å²) in [6, 6.07) is 11.8. The quantitative estimate of drug-likeness (QED) is 0.400. The molecule has 1 N–H and O–H groups in total. The fourth-order valence-corrected chi connectivity index (χ4v) is 4.61. The molecule has 4 aromatic rings. The van der Waals surface area contributed by atoms with Crippen molar-refractivity contribution in [3.05, 3.63) is 72.2 Å². The lowest BCUT2D eigenvalue weighted by Crippen LogP contribution is -2.27. The van der Waals surface area contributed by atoms with Crippen LogP contribution in [-0.2, 0) is 11.4 Å². The Hall–Kier alpha value is -4.42. The van der Waals surface area contributed by atoms with E-state index < -0.39 is 5.82 Å². The lowest BCUT2D eigenvalue weighted by atomic mass is 10.1. The number of hydrogen-bond acceptors (Lipinski definition) is 6. The van der Waals surface area contributed by atoms with E-state index in [1.54, 1.807) is 36.2 Å². The molecule has 1 atom stereocenters. The molecule has 188 valence electrons. The zero-order chi connectivity index (χ0) is 25.9. The standard InChI is InChI=1S/C28H25FN4O4/c1-3-5-24(35)32-14-12-19(16-32)28-31-26(27-21(17-34)30-13-15-33(27)28)18-8-10-20(11-9-18)37-23-7-4-6-22(36-2)25(23)29/h4,6-11,13,15,19,34H,12,14,16-17H2,1-2H3/t19-/m1/s1. The van der Waals surface area contributed by atoms with Gasteiger partial charge in [0.05, 0.1) is 30.6 Å². The summed E-state index contributed by atoms with van der Waals surface area (Å²) in [4.78, 5) is 23.3. The second kappa shape index (κ2) is 10.3. The van der Waals surface area contributed by atoms with Crippen molar-refractivity contribution in [2.24, 2.45) is 0 Å². The molecule has 0 spiro atoms. The lowest BCUT2D eigenvalue weighted by Gasteiger charge is -2.12. The number of likely N-dealkylation sites (tertiary alicyclic amines) is 1. The van der Waals surface area contributed by atoms with Crippen molar-refractivity contribution in [2.75, 3.05) is 20.2 Å². The lowest BCUT2D eigenvalue weighted by molar-refractivity contribution is -0.124. The largest absolute Gasteiger partial charge is 0.494 e. The molecular weight excluding hydrogens is 475 g/mol. The second-order valence-electron chi connectivity index (χ2n) is 8.58. The second-order valence-corrected chi connectivity index (χ2v) is 8.58. The highest BCUT2D eigenvalue weighted by atomic mass is 19.1. The van der Waals surface area contributed by atoms with Crippen LogP contribution < -0.4 is 9.47 Å². The van der Waals surface area contributed by atoms with Gasteiger partial charge >= 0.3 is 0 Å². The molecule has 5 rings (SSSR count). The molecule has 9 heteroatoms. The maximum atomic E-state index is 14.5. The number of halogens is 1. The monoisotopic (exact) mass is 500 g/mol. The summed E-state index contributed by atoms with van der Waals surface area (Å²) in [6.07, 6.45) is 4.21. The smallest absolute Gasteiger partial charge is 0.298 e. The highest BCUT2D eigenvalue weighted by molar-refractivity contribution is 5.93. The summed E-state index contributed by atoms with van der Waals surface area (Å²) in [7, 11) is 1.40. The Balaban J connectivity index is 1.49. The van der Waals surface area contributed by atoms with E-state index in [1.807, 2.05) is 22.7 Å². The van der Waals surface area contributed by atoms with Crippen LogP contribution in [0.1, 0.15) is 30.8 Å². The van der Waals surface area contributed by atoms with Gasteiger partial charge in [-0.1, -0.05) is 12.0 Å². The molecule has 0 unspecified atom stereocenters. The number of fused-ring (bicyclic) bond motifs is 1. The van der Waals surface area contributed by atoms with Crippen molar-refractivity contribution in [3.8, 4) is 40.3 Å². The van der Waals surface area contributed by atoms with E-state index >= 15 is 0 Å². The first-order valence-electron chi connectivity index (χ1n) is 11.8. The molecule has 0 radical (unpaired) electrons. The number of nitrogens with zero attached hydrogens (tertiary/aromatic N) is 4. The fraction of sp³-hybridized carbons (Fsp3) is 0.250. The summed E-state index contributed by atoms with van der Waals surface area (Å²) < 4.78 is 27.2. The van der Waals surface area contributed by atoms with Gasteiger partial charge in [-0.05, 0) is 55.7 Å². The molecule has 2 aromatic heterocycles. The fourth-order valence-electron chi connectivity index (χ4n) is 4.61. The van der Waals surface area contributed by atoms with Gasteiger partial charge in [0, 0.05) is 37.0 Å². The number of imidazole rings is 1. The van der Waals surface area contributed by atoms with Crippen molar-refractivity contribution >= 4 is 11.4 Å². The number of aliphatic hydroxyl groups excluding tert-OH is 1. The maximum absolute atomic E-state index is 14.5. The van der Waals surface area contributed by atoms with E-state index in [2.05, 4.69) is 16.8 Å². The number of hydrogen-bond donors (Lipinski definition) is 1. The molecule has 1 aliphatic rings. The third-order valence-corrected chi connectivity index (χ3v) is 6.38. The van der Waals surface area contributed by atoms with E-state index in [9.17, 15) is 14.3 Å². The highest BCUT2D eigenvalue weighted by Crippen LogP contribution is 2.35. The number of ether oxygens (including phenoxy) is 2. The predicted octanol–water partition coefficient (Wildman–Crippen LogP) is 4.17. The summed E-state index contributed by atoms with van der Waals surface area (Å²) in [5.74, 6) is 5.91. The Morgan fingerprint density at radius 2 is 2.00 bits per heavy atom. The van der Waals surface area contributed by atoms with Gasteiger partial charge in [0.15, 0.2) is 11.5 Å². The van der Waals surface area contributed by atoms with Crippen molar-refractivity contribution in [2.45, 2.75) is 25.9 Å². The number of aliphatic hydroxyl groups is 1. The van der Waals surface area contributed by atoms with Gasteiger partial charge in [-0.2, -0.15) is 4.39 Å². The van der Waals surface area contributed by atoms with Crippen molar-refractivity contribution in [3.63, 3.8) is 0 Å². The van der Waals surface area contributed by atoms with Crippen LogP contribution in [0.4, 0.5) is 4.39 Å². The van der Waals surface area contributed by atoms with Crippen molar-refractivity contribution in [1.29, 1.82) is 0 Å². The average Bonchev–Trinajstić information content (AvgIpc) is 3.56. The number of benzene rings is 2. The molecule has 8 nitrogen and oxygen atoms in total. The van der Waals surface area contributed by atoms with Gasteiger partial charge in [0.2, 0.25) is 5.82 Å². The molecule has 1 amide bonds. The van der Waals surface area contributed by atoms with Crippen LogP contribution in [-0.4, -0.2) is 50.5 Å². The van der Waals surface area contributed by atoms with Crippen LogP contribution in [0.3, 0.4) is 0 Å².